The number of carboxylic acids is 2. The van der Waals surface area contributed by atoms with Gasteiger partial charge in [0.05, 0.1) is 19.1 Å². The Morgan fingerprint density at radius 1 is 0.978 bits per heavy atom. The molecule has 0 saturated carbocycles. The lowest BCUT2D eigenvalue weighted by Gasteiger charge is -2.39. The molecule has 2 aliphatic heterocycles. The first-order valence-electron chi connectivity index (χ1n) is 15.9. The zero-order valence-corrected chi connectivity index (χ0v) is 26.9. The minimum atomic E-state index is -1.82. The number of rotatable bonds is 13. The van der Waals surface area contributed by atoms with Crippen LogP contribution in [0.25, 0.3) is 0 Å². The van der Waals surface area contributed by atoms with Gasteiger partial charge >= 0.3 is 18.0 Å². The Hall–Kier alpha value is -4.19. The second-order valence-electron chi connectivity index (χ2n) is 11.9. The standard InChI is InChI=1S/C32H44FN3O4.C2H2O4/c1-4-20-39-29-12-8-25(9-13-29)21-31(37)36(22-26-6-10-27(33)11-7-26)28-14-18-34(19-15-28)16-5-17-35-30(24(2)3)23-40-32(35)38;3-1(4)2(5)6/h6-13,24,28,30H,4-5,14-23H2,1-3H3;(H,3,4)(H,5,6). The summed E-state index contributed by atoms with van der Waals surface area (Å²) in [6, 6.07) is 14.5. The van der Waals surface area contributed by atoms with Crippen molar-refractivity contribution >= 4 is 23.9 Å². The first-order valence-corrected chi connectivity index (χ1v) is 15.9. The fraction of sp³-hybridized carbons (Fsp3) is 0.529. The number of benzene rings is 2. The molecule has 0 aromatic heterocycles. The number of aliphatic carboxylic acids is 2. The molecule has 12 heteroatoms. The van der Waals surface area contributed by atoms with E-state index in [-0.39, 0.29) is 29.9 Å². The normalized spacial score (nSPS) is 16.8. The average molecular weight is 644 g/mol. The van der Waals surface area contributed by atoms with Crippen molar-refractivity contribution in [2.45, 2.75) is 71.5 Å². The Labute approximate surface area is 269 Å². The third kappa shape index (κ3) is 11.3. The van der Waals surface area contributed by atoms with E-state index in [9.17, 15) is 14.0 Å². The highest BCUT2D eigenvalue weighted by Crippen LogP contribution is 2.23. The number of cyclic esters (lactones) is 1. The zero-order chi connectivity index (χ0) is 33.6. The summed E-state index contributed by atoms with van der Waals surface area (Å²) in [7, 11) is 0. The molecule has 2 heterocycles. The summed E-state index contributed by atoms with van der Waals surface area (Å²) in [4.78, 5) is 50.2. The van der Waals surface area contributed by atoms with Gasteiger partial charge in [-0.2, -0.15) is 0 Å². The minimum absolute atomic E-state index is 0.0808. The van der Waals surface area contributed by atoms with Crippen LogP contribution in [-0.4, -0.2) is 100 Å². The van der Waals surface area contributed by atoms with Gasteiger partial charge in [-0.25, -0.2) is 18.8 Å². The fourth-order valence-electron chi connectivity index (χ4n) is 5.60. The molecule has 2 N–H and O–H groups in total. The minimum Gasteiger partial charge on any atom is -0.494 e. The number of amides is 2. The molecule has 2 amide bonds. The van der Waals surface area contributed by atoms with Crippen LogP contribution in [-0.2, 0) is 32.1 Å². The van der Waals surface area contributed by atoms with Crippen LogP contribution in [0.4, 0.5) is 9.18 Å². The number of hydrogen-bond acceptors (Lipinski definition) is 7. The molecule has 1 atom stereocenters. The summed E-state index contributed by atoms with van der Waals surface area (Å²) in [5, 5.41) is 14.8. The quantitative estimate of drug-likeness (QED) is 0.298. The summed E-state index contributed by atoms with van der Waals surface area (Å²) >= 11 is 0. The third-order valence-electron chi connectivity index (χ3n) is 8.17. The lowest BCUT2D eigenvalue weighted by atomic mass is 10.00. The van der Waals surface area contributed by atoms with E-state index in [0.29, 0.717) is 38.6 Å². The summed E-state index contributed by atoms with van der Waals surface area (Å²) in [6.45, 7) is 11.4. The van der Waals surface area contributed by atoms with Crippen molar-refractivity contribution in [1.29, 1.82) is 0 Å². The van der Waals surface area contributed by atoms with Gasteiger partial charge in [-0.15, -0.1) is 0 Å². The SMILES string of the molecule is CCCOc1ccc(CC(=O)N(Cc2ccc(F)cc2)C2CCN(CCCN3C(=O)OCC3C(C)C)CC2)cc1.O=C(O)C(=O)O. The first kappa shape index (κ1) is 36.3. The van der Waals surface area contributed by atoms with Crippen molar-refractivity contribution in [3.05, 3.63) is 65.5 Å². The van der Waals surface area contributed by atoms with Crippen LogP contribution in [0.1, 0.15) is 57.6 Å². The maximum absolute atomic E-state index is 13.6. The Bertz CT molecular complexity index is 1270. The largest absolute Gasteiger partial charge is 0.494 e. The van der Waals surface area contributed by atoms with Gasteiger partial charge in [-0.3, -0.25) is 4.79 Å². The van der Waals surface area contributed by atoms with Crippen molar-refractivity contribution in [2.75, 3.05) is 39.4 Å². The van der Waals surface area contributed by atoms with E-state index in [2.05, 4.69) is 25.7 Å². The van der Waals surface area contributed by atoms with E-state index in [0.717, 1.165) is 62.2 Å². The summed E-state index contributed by atoms with van der Waals surface area (Å²) < 4.78 is 24.5. The predicted octanol–water partition coefficient (Wildman–Crippen LogP) is 4.67. The van der Waals surface area contributed by atoms with Crippen LogP contribution >= 0.6 is 0 Å². The zero-order valence-electron chi connectivity index (χ0n) is 26.9. The highest BCUT2D eigenvalue weighted by Gasteiger charge is 2.34. The molecule has 2 fully saturated rings. The van der Waals surface area contributed by atoms with Crippen LogP contribution in [0.5, 0.6) is 5.75 Å². The molecule has 11 nitrogen and oxygen atoms in total. The number of ether oxygens (including phenoxy) is 2. The van der Waals surface area contributed by atoms with E-state index in [1.807, 2.05) is 34.1 Å². The van der Waals surface area contributed by atoms with Crippen LogP contribution in [0, 0.1) is 11.7 Å². The second kappa shape index (κ2) is 18.1. The number of carbonyl (C=O) groups is 4. The fourth-order valence-corrected chi connectivity index (χ4v) is 5.60. The van der Waals surface area contributed by atoms with Gasteiger partial charge in [-0.05, 0) is 73.5 Å². The highest BCUT2D eigenvalue weighted by molar-refractivity contribution is 6.27. The van der Waals surface area contributed by atoms with Crippen LogP contribution in [0.3, 0.4) is 0 Å². The van der Waals surface area contributed by atoms with E-state index in [1.54, 1.807) is 12.1 Å². The maximum Gasteiger partial charge on any atom is 0.414 e. The van der Waals surface area contributed by atoms with Crippen LogP contribution < -0.4 is 4.74 Å². The van der Waals surface area contributed by atoms with Crippen molar-refractivity contribution < 1.29 is 43.3 Å². The molecule has 2 saturated heterocycles. The molecule has 0 bridgehead atoms. The highest BCUT2D eigenvalue weighted by atomic mass is 19.1. The summed E-state index contributed by atoms with van der Waals surface area (Å²) in [5.74, 6) is -2.65. The van der Waals surface area contributed by atoms with E-state index >= 15 is 0 Å². The van der Waals surface area contributed by atoms with Gasteiger partial charge in [0.15, 0.2) is 0 Å². The molecule has 0 spiro atoms. The van der Waals surface area contributed by atoms with Crippen molar-refractivity contribution in [2.24, 2.45) is 5.92 Å². The molecule has 0 radical (unpaired) electrons. The Morgan fingerprint density at radius 3 is 2.15 bits per heavy atom. The lowest BCUT2D eigenvalue weighted by Crippen LogP contribution is -2.48. The molecule has 2 aliphatic rings. The van der Waals surface area contributed by atoms with Gasteiger partial charge in [0.2, 0.25) is 5.91 Å². The van der Waals surface area contributed by atoms with Crippen molar-refractivity contribution in [3.8, 4) is 5.75 Å². The van der Waals surface area contributed by atoms with Gasteiger partial charge in [0, 0.05) is 32.2 Å². The van der Waals surface area contributed by atoms with E-state index < -0.39 is 11.9 Å². The first-order chi connectivity index (χ1) is 22.0. The summed E-state index contributed by atoms with van der Waals surface area (Å²) in [6.07, 6.45) is 3.74. The van der Waals surface area contributed by atoms with Crippen molar-refractivity contribution in [1.82, 2.24) is 14.7 Å². The number of carboxylic acid groups (broad SMARTS) is 2. The molecule has 2 aromatic carbocycles. The van der Waals surface area contributed by atoms with Gasteiger partial charge < -0.3 is 34.4 Å². The monoisotopic (exact) mass is 643 g/mol. The molecule has 4 rings (SSSR count). The lowest BCUT2D eigenvalue weighted by molar-refractivity contribution is -0.159. The number of halogens is 1. The molecule has 252 valence electrons. The third-order valence-corrected chi connectivity index (χ3v) is 8.17. The molecule has 2 aromatic rings. The molecule has 46 heavy (non-hydrogen) atoms. The Morgan fingerprint density at radius 2 is 1.59 bits per heavy atom. The van der Waals surface area contributed by atoms with Crippen LogP contribution in [0.15, 0.2) is 48.5 Å². The number of nitrogens with zero attached hydrogens (tertiary/aromatic N) is 3. The molecule has 0 aliphatic carbocycles. The molecule has 1 unspecified atom stereocenters. The number of carbonyl (C=O) groups excluding carboxylic acids is 2. The smallest absolute Gasteiger partial charge is 0.414 e. The second-order valence-corrected chi connectivity index (χ2v) is 11.9. The summed E-state index contributed by atoms with van der Waals surface area (Å²) in [5.41, 5.74) is 1.88. The average Bonchev–Trinajstić information content (AvgIpc) is 3.41. The Kier molecular flexibility index (Phi) is 14.3. The Balaban J connectivity index is 0.000000875. The van der Waals surface area contributed by atoms with Gasteiger partial charge in [-0.1, -0.05) is 45.0 Å². The molecular weight excluding hydrogens is 597 g/mol. The van der Waals surface area contributed by atoms with E-state index in [1.165, 1.54) is 12.1 Å². The predicted molar refractivity (Wildman–Crippen MR) is 169 cm³/mol. The number of piperidine rings is 1. The number of likely N-dealkylation sites (tertiary alicyclic amines) is 1. The van der Waals surface area contributed by atoms with Crippen molar-refractivity contribution in [3.63, 3.8) is 0 Å². The van der Waals surface area contributed by atoms with E-state index in [4.69, 9.17) is 29.3 Å². The van der Waals surface area contributed by atoms with Gasteiger partial charge in [0.25, 0.3) is 0 Å². The van der Waals surface area contributed by atoms with Crippen LogP contribution in [0.2, 0.25) is 0 Å². The topological polar surface area (TPSA) is 137 Å². The maximum atomic E-state index is 13.6. The number of hydrogen-bond donors (Lipinski definition) is 2. The van der Waals surface area contributed by atoms with Gasteiger partial charge in [0.1, 0.15) is 18.2 Å². The molecular formula is C34H46FN3O8.